The van der Waals surface area contributed by atoms with E-state index in [-0.39, 0.29) is 17.6 Å². The van der Waals surface area contributed by atoms with E-state index in [0.717, 1.165) is 0 Å². The number of nitriles is 1. The highest BCUT2D eigenvalue weighted by atomic mass is 16.5. The minimum atomic E-state index is -0.901. The number of carbonyl (C=O) groups excluding carboxylic acids is 1. The van der Waals surface area contributed by atoms with Gasteiger partial charge in [-0.15, -0.1) is 0 Å². The molecule has 0 saturated heterocycles. The molecule has 0 unspecified atom stereocenters. The van der Waals surface area contributed by atoms with Gasteiger partial charge in [0.25, 0.3) is 0 Å². The van der Waals surface area contributed by atoms with Crippen LogP contribution < -0.4 is 10.4 Å². The van der Waals surface area contributed by atoms with Gasteiger partial charge in [0.1, 0.15) is 28.7 Å². The van der Waals surface area contributed by atoms with E-state index in [1.54, 1.807) is 42.5 Å². The monoisotopic (exact) mass is 347 g/mol. The zero-order valence-corrected chi connectivity index (χ0v) is 13.5. The Morgan fingerprint density at radius 3 is 2.85 bits per heavy atom. The highest BCUT2D eigenvalue weighted by molar-refractivity contribution is 6.10. The topological polar surface area (TPSA) is 101 Å². The first kappa shape index (κ1) is 17.0. The zero-order valence-electron chi connectivity index (χ0n) is 13.5. The van der Waals surface area contributed by atoms with Crippen molar-refractivity contribution in [1.29, 1.82) is 5.26 Å². The SMILES string of the molecule is N#CCOc1cccc(/C=C/C(=O)c2c(O)c3ccccc3oc2=O)c1. The van der Waals surface area contributed by atoms with Crippen molar-refractivity contribution in [2.75, 3.05) is 6.61 Å². The van der Waals surface area contributed by atoms with Crippen LogP contribution in [0.1, 0.15) is 15.9 Å². The van der Waals surface area contributed by atoms with Crippen LogP contribution in [0.15, 0.2) is 63.8 Å². The van der Waals surface area contributed by atoms with Crippen LogP contribution in [0.3, 0.4) is 0 Å². The van der Waals surface area contributed by atoms with E-state index in [1.807, 2.05) is 6.07 Å². The Balaban J connectivity index is 1.91. The van der Waals surface area contributed by atoms with Gasteiger partial charge >= 0.3 is 5.63 Å². The molecule has 6 nitrogen and oxygen atoms in total. The highest BCUT2D eigenvalue weighted by Crippen LogP contribution is 2.26. The Morgan fingerprint density at radius 1 is 1.23 bits per heavy atom. The maximum Gasteiger partial charge on any atom is 0.351 e. The molecule has 3 aromatic rings. The van der Waals surface area contributed by atoms with Gasteiger partial charge in [0.2, 0.25) is 0 Å². The number of ether oxygens (including phenoxy) is 1. The quantitative estimate of drug-likeness (QED) is 0.432. The maximum atomic E-state index is 12.4. The minimum Gasteiger partial charge on any atom is -0.506 e. The predicted octanol–water partition coefficient (Wildman–Crippen LogP) is 3.30. The van der Waals surface area contributed by atoms with E-state index in [9.17, 15) is 14.7 Å². The largest absolute Gasteiger partial charge is 0.506 e. The van der Waals surface area contributed by atoms with Crippen LogP contribution in [0.2, 0.25) is 0 Å². The number of para-hydroxylation sites is 1. The van der Waals surface area contributed by atoms with Gasteiger partial charge in [-0.25, -0.2) is 4.79 Å². The van der Waals surface area contributed by atoms with Crippen LogP contribution in [0.25, 0.3) is 17.0 Å². The number of fused-ring (bicyclic) bond motifs is 1. The van der Waals surface area contributed by atoms with Crippen molar-refractivity contribution in [1.82, 2.24) is 0 Å². The Kier molecular flexibility index (Phi) is 4.81. The van der Waals surface area contributed by atoms with Gasteiger partial charge < -0.3 is 14.3 Å². The molecule has 0 aliphatic carbocycles. The number of ketones is 1. The van der Waals surface area contributed by atoms with E-state index in [1.165, 1.54) is 18.2 Å². The average Bonchev–Trinajstić information content (AvgIpc) is 2.65. The fourth-order valence-corrected chi connectivity index (χ4v) is 2.43. The van der Waals surface area contributed by atoms with E-state index in [4.69, 9.17) is 14.4 Å². The first-order valence-electron chi connectivity index (χ1n) is 7.67. The fraction of sp³-hybridized carbons (Fsp3) is 0.0500. The molecule has 0 amide bonds. The van der Waals surface area contributed by atoms with Crippen LogP contribution in [0.4, 0.5) is 0 Å². The molecule has 6 heteroatoms. The summed E-state index contributed by atoms with van der Waals surface area (Å²) in [5, 5.41) is 19.1. The average molecular weight is 347 g/mol. The Hall–Kier alpha value is -3.85. The summed E-state index contributed by atoms with van der Waals surface area (Å²) in [6, 6.07) is 15.0. The molecule has 0 atom stereocenters. The number of hydrogen-bond donors (Lipinski definition) is 1. The number of hydrogen-bond acceptors (Lipinski definition) is 6. The molecular formula is C20H13NO5. The van der Waals surface area contributed by atoms with Crippen molar-refractivity contribution in [3.8, 4) is 17.6 Å². The molecule has 2 aromatic carbocycles. The fourth-order valence-electron chi connectivity index (χ4n) is 2.43. The third-order valence-electron chi connectivity index (χ3n) is 3.62. The lowest BCUT2D eigenvalue weighted by atomic mass is 10.1. The number of rotatable bonds is 5. The molecule has 1 heterocycles. The molecule has 1 N–H and O–H groups in total. The standard InChI is InChI=1S/C20H13NO5/c21-10-11-25-14-5-3-4-13(12-14)8-9-16(22)18-19(23)15-6-1-2-7-17(15)26-20(18)24/h1-9,12,23H,11H2/b9-8+. The van der Waals surface area contributed by atoms with E-state index < -0.39 is 22.7 Å². The Bertz CT molecular complexity index is 1110. The Morgan fingerprint density at radius 2 is 2.04 bits per heavy atom. The lowest BCUT2D eigenvalue weighted by Gasteiger charge is -2.04. The molecule has 0 fully saturated rings. The van der Waals surface area contributed by atoms with Crippen molar-refractivity contribution in [2.45, 2.75) is 0 Å². The smallest absolute Gasteiger partial charge is 0.351 e. The van der Waals surface area contributed by atoms with Crippen LogP contribution in [-0.2, 0) is 0 Å². The minimum absolute atomic E-state index is 0.0852. The third-order valence-corrected chi connectivity index (χ3v) is 3.62. The summed E-state index contributed by atoms with van der Waals surface area (Å²) in [5.41, 5.74) is -0.477. The van der Waals surface area contributed by atoms with Crippen LogP contribution >= 0.6 is 0 Å². The summed E-state index contributed by atoms with van der Waals surface area (Å²) in [6.45, 7) is -0.0852. The van der Waals surface area contributed by atoms with Crippen LogP contribution in [0.5, 0.6) is 11.5 Å². The van der Waals surface area contributed by atoms with Crippen molar-refractivity contribution >= 4 is 22.8 Å². The molecule has 0 radical (unpaired) electrons. The van der Waals surface area contributed by atoms with Crippen molar-refractivity contribution < 1.29 is 19.1 Å². The lowest BCUT2D eigenvalue weighted by molar-refractivity contribution is 0.104. The number of carbonyl (C=O) groups is 1. The number of benzene rings is 2. The normalized spacial score (nSPS) is 10.7. The number of allylic oxidation sites excluding steroid dienone is 1. The maximum absolute atomic E-state index is 12.4. The van der Waals surface area contributed by atoms with Gasteiger partial charge in [0.05, 0.1) is 5.39 Å². The molecule has 1 aromatic heterocycles. The highest BCUT2D eigenvalue weighted by Gasteiger charge is 2.18. The second kappa shape index (κ2) is 7.36. The van der Waals surface area contributed by atoms with Crippen molar-refractivity contribution in [3.05, 3.63) is 76.2 Å². The molecule has 0 aliphatic heterocycles. The first-order chi connectivity index (χ1) is 12.6. The van der Waals surface area contributed by atoms with E-state index in [2.05, 4.69) is 0 Å². The summed E-state index contributed by atoms with van der Waals surface area (Å²) in [7, 11) is 0. The number of nitrogens with zero attached hydrogens (tertiary/aromatic N) is 1. The van der Waals surface area contributed by atoms with Gasteiger partial charge in [0, 0.05) is 0 Å². The summed E-state index contributed by atoms with van der Waals surface area (Å²) in [4.78, 5) is 24.4. The molecule has 0 aliphatic rings. The van der Waals surface area contributed by atoms with Crippen LogP contribution in [0, 0.1) is 11.3 Å². The van der Waals surface area contributed by atoms with Crippen molar-refractivity contribution in [3.63, 3.8) is 0 Å². The van der Waals surface area contributed by atoms with Crippen LogP contribution in [-0.4, -0.2) is 17.5 Å². The molecular weight excluding hydrogens is 334 g/mol. The van der Waals surface area contributed by atoms with E-state index in [0.29, 0.717) is 11.3 Å². The summed E-state index contributed by atoms with van der Waals surface area (Å²) in [6.07, 6.45) is 2.65. The molecule has 0 saturated carbocycles. The molecule has 26 heavy (non-hydrogen) atoms. The predicted molar refractivity (Wildman–Crippen MR) is 95.1 cm³/mol. The van der Waals surface area contributed by atoms with Crippen molar-refractivity contribution in [2.24, 2.45) is 0 Å². The van der Waals surface area contributed by atoms with Gasteiger partial charge in [-0.3, -0.25) is 4.79 Å². The molecule has 3 rings (SSSR count). The van der Waals surface area contributed by atoms with Gasteiger partial charge in [-0.05, 0) is 35.9 Å². The first-order valence-corrected chi connectivity index (χ1v) is 7.67. The second-order valence-corrected chi connectivity index (χ2v) is 5.33. The second-order valence-electron chi connectivity index (χ2n) is 5.33. The van der Waals surface area contributed by atoms with Gasteiger partial charge in [-0.2, -0.15) is 5.26 Å². The van der Waals surface area contributed by atoms with Gasteiger partial charge in [0.15, 0.2) is 12.4 Å². The summed E-state index contributed by atoms with van der Waals surface area (Å²) in [5.74, 6) is -0.600. The molecule has 0 spiro atoms. The lowest BCUT2D eigenvalue weighted by Crippen LogP contribution is -2.12. The number of aromatic hydroxyl groups is 1. The summed E-state index contributed by atoms with van der Waals surface area (Å²) >= 11 is 0. The third kappa shape index (κ3) is 3.47. The Labute approximate surface area is 148 Å². The summed E-state index contributed by atoms with van der Waals surface area (Å²) < 4.78 is 10.3. The molecule has 0 bridgehead atoms. The zero-order chi connectivity index (χ0) is 18.5. The van der Waals surface area contributed by atoms with Gasteiger partial charge in [-0.1, -0.05) is 30.3 Å². The molecule has 128 valence electrons. The van der Waals surface area contributed by atoms with E-state index >= 15 is 0 Å².